The molecule has 0 radical (unpaired) electrons. The topological polar surface area (TPSA) is 0 Å². The van der Waals surface area contributed by atoms with E-state index in [2.05, 4.69) is 15.9 Å². The second-order valence-corrected chi connectivity index (χ2v) is 5.41. The van der Waals surface area contributed by atoms with Gasteiger partial charge in [0.1, 0.15) is 11.6 Å². The molecule has 2 aromatic rings. The van der Waals surface area contributed by atoms with Gasteiger partial charge in [-0.1, -0.05) is 40.2 Å². The minimum Gasteiger partial charge on any atom is -0.207 e. The Balaban J connectivity index is 2.22. The average molecular weight is 311 g/mol. The first-order valence-electron chi connectivity index (χ1n) is 5.71. The molecule has 1 atom stereocenters. The molecule has 0 aliphatic heterocycles. The van der Waals surface area contributed by atoms with Crippen molar-refractivity contribution in [3.05, 3.63) is 70.8 Å². The van der Waals surface area contributed by atoms with Gasteiger partial charge in [-0.2, -0.15) is 0 Å². The highest BCUT2D eigenvalue weighted by molar-refractivity contribution is 9.09. The van der Waals surface area contributed by atoms with Gasteiger partial charge in [0.25, 0.3) is 0 Å². The van der Waals surface area contributed by atoms with Gasteiger partial charge in [0.15, 0.2) is 0 Å². The van der Waals surface area contributed by atoms with Crippen LogP contribution in [-0.2, 0) is 6.42 Å². The van der Waals surface area contributed by atoms with Gasteiger partial charge in [-0.05, 0) is 42.2 Å². The summed E-state index contributed by atoms with van der Waals surface area (Å²) in [5, 5.41) is 0. The third kappa shape index (κ3) is 3.16. The number of hydrogen-bond acceptors (Lipinski definition) is 0. The summed E-state index contributed by atoms with van der Waals surface area (Å²) in [6, 6.07) is 11.6. The van der Waals surface area contributed by atoms with Gasteiger partial charge in [-0.25, -0.2) is 8.78 Å². The third-order valence-electron chi connectivity index (χ3n) is 2.91. The normalized spacial score (nSPS) is 12.4. The number of rotatable bonds is 3. The van der Waals surface area contributed by atoms with Crippen molar-refractivity contribution < 1.29 is 8.78 Å². The zero-order valence-corrected chi connectivity index (χ0v) is 11.5. The summed E-state index contributed by atoms with van der Waals surface area (Å²) in [6.45, 7) is 2.03. The molecule has 0 nitrogen and oxygen atoms in total. The lowest BCUT2D eigenvalue weighted by Gasteiger charge is -2.12. The highest BCUT2D eigenvalue weighted by atomic mass is 79.9. The SMILES string of the molecule is Cc1ccccc1CC(Br)c1cc(F)cc(F)c1. The molecular formula is C15H13BrF2. The van der Waals surface area contributed by atoms with Crippen LogP contribution >= 0.6 is 15.9 Å². The maximum Gasteiger partial charge on any atom is 0.126 e. The van der Waals surface area contributed by atoms with Crippen molar-refractivity contribution >= 4 is 15.9 Å². The molecule has 0 saturated heterocycles. The Morgan fingerprint density at radius 1 is 1.06 bits per heavy atom. The fraction of sp³-hybridized carbons (Fsp3) is 0.200. The Hall–Kier alpha value is -1.22. The molecule has 0 aliphatic carbocycles. The Bertz CT molecular complexity index is 532. The molecule has 0 saturated carbocycles. The first-order chi connectivity index (χ1) is 8.56. The summed E-state index contributed by atoms with van der Waals surface area (Å²) in [5.74, 6) is -1.08. The van der Waals surface area contributed by atoms with Crippen molar-refractivity contribution in [3.63, 3.8) is 0 Å². The van der Waals surface area contributed by atoms with E-state index >= 15 is 0 Å². The predicted molar refractivity (Wildman–Crippen MR) is 72.9 cm³/mol. The lowest BCUT2D eigenvalue weighted by atomic mass is 10.0. The Kier molecular flexibility index (Phi) is 4.12. The highest BCUT2D eigenvalue weighted by Gasteiger charge is 2.12. The molecule has 3 heteroatoms. The Morgan fingerprint density at radius 2 is 1.67 bits per heavy atom. The van der Waals surface area contributed by atoms with Gasteiger partial charge in [-0.15, -0.1) is 0 Å². The minimum absolute atomic E-state index is 0.0937. The van der Waals surface area contributed by atoms with Crippen molar-refractivity contribution in [2.24, 2.45) is 0 Å². The summed E-state index contributed by atoms with van der Waals surface area (Å²) in [6.07, 6.45) is 0.704. The molecule has 1 unspecified atom stereocenters. The predicted octanol–water partition coefficient (Wildman–Crippen LogP) is 4.95. The van der Waals surface area contributed by atoms with E-state index in [1.807, 2.05) is 31.2 Å². The molecule has 0 heterocycles. The van der Waals surface area contributed by atoms with Crippen LogP contribution < -0.4 is 0 Å². The maximum atomic E-state index is 13.1. The molecule has 0 aromatic heterocycles. The third-order valence-corrected chi connectivity index (χ3v) is 3.76. The van der Waals surface area contributed by atoms with Gasteiger partial charge in [0.05, 0.1) is 0 Å². The van der Waals surface area contributed by atoms with Crippen LogP contribution in [0.4, 0.5) is 8.78 Å². The molecule has 2 aromatic carbocycles. The van der Waals surface area contributed by atoms with Gasteiger partial charge < -0.3 is 0 Å². The van der Waals surface area contributed by atoms with E-state index in [4.69, 9.17) is 0 Å². The second kappa shape index (κ2) is 5.61. The van der Waals surface area contributed by atoms with Crippen LogP contribution in [0, 0.1) is 18.6 Å². The summed E-state index contributed by atoms with van der Waals surface area (Å²) < 4.78 is 26.3. The maximum absolute atomic E-state index is 13.1. The zero-order valence-electron chi connectivity index (χ0n) is 9.96. The number of halogens is 3. The van der Waals surface area contributed by atoms with E-state index in [-0.39, 0.29) is 4.83 Å². The summed E-state index contributed by atoms with van der Waals surface area (Å²) in [5.41, 5.74) is 2.97. The molecule has 2 rings (SSSR count). The monoisotopic (exact) mass is 310 g/mol. The fourth-order valence-corrected chi connectivity index (χ4v) is 2.52. The molecular weight excluding hydrogens is 298 g/mol. The van der Waals surface area contributed by atoms with Crippen molar-refractivity contribution in [2.75, 3.05) is 0 Å². The smallest absolute Gasteiger partial charge is 0.126 e. The summed E-state index contributed by atoms with van der Waals surface area (Å²) in [7, 11) is 0. The lowest BCUT2D eigenvalue weighted by molar-refractivity contribution is 0.579. The number of alkyl halides is 1. The summed E-state index contributed by atoms with van der Waals surface area (Å²) >= 11 is 3.49. The van der Waals surface area contributed by atoms with Crippen molar-refractivity contribution in [2.45, 2.75) is 18.2 Å². The van der Waals surface area contributed by atoms with Crippen LogP contribution in [0.2, 0.25) is 0 Å². The van der Waals surface area contributed by atoms with E-state index in [1.54, 1.807) is 0 Å². The van der Waals surface area contributed by atoms with E-state index in [9.17, 15) is 8.78 Å². The van der Waals surface area contributed by atoms with Crippen LogP contribution in [-0.4, -0.2) is 0 Å². The first-order valence-corrected chi connectivity index (χ1v) is 6.62. The Morgan fingerprint density at radius 3 is 2.28 bits per heavy atom. The first kappa shape index (κ1) is 13.2. The standard InChI is InChI=1S/C15H13BrF2/c1-10-4-2-3-5-11(10)8-15(16)12-6-13(17)9-14(18)7-12/h2-7,9,15H,8H2,1H3. The van der Waals surface area contributed by atoms with Crippen LogP contribution in [0.1, 0.15) is 21.5 Å². The second-order valence-electron chi connectivity index (χ2n) is 4.30. The molecule has 18 heavy (non-hydrogen) atoms. The van der Waals surface area contributed by atoms with Gasteiger partial charge in [0, 0.05) is 10.9 Å². The number of hydrogen-bond donors (Lipinski definition) is 0. The van der Waals surface area contributed by atoms with Gasteiger partial charge >= 0.3 is 0 Å². The summed E-state index contributed by atoms with van der Waals surface area (Å²) in [4.78, 5) is -0.0937. The molecule has 94 valence electrons. The molecule has 0 spiro atoms. The average Bonchev–Trinajstić information content (AvgIpc) is 2.31. The van der Waals surface area contributed by atoms with Crippen molar-refractivity contribution in [1.82, 2.24) is 0 Å². The van der Waals surface area contributed by atoms with Crippen molar-refractivity contribution in [1.29, 1.82) is 0 Å². The van der Waals surface area contributed by atoms with E-state index in [1.165, 1.54) is 23.3 Å². The van der Waals surface area contributed by atoms with Gasteiger partial charge in [-0.3, -0.25) is 0 Å². The Labute approximate surface area is 114 Å². The fourth-order valence-electron chi connectivity index (χ4n) is 1.91. The zero-order chi connectivity index (χ0) is 13.1. The minimum atomic E-state index is -0.542. The van der Waals surface area contributed by atoms with E-state index < -0.39 is 11.6 Å². The van der Waals surface area contributed by atoms with Gasteiger partial charge in [0.2, 0.25) is 0 Å². The van der Waals surface area contributed by atoms with Crippen LogP contribution in [0.15, 0.2) is 42.5 Å². The molecule has 0 aliphatic rings. The number of aryl methyl sites for hydroxylation is 1. The largest absolute Gasteiger partial charge is 0.207 e. The lowest BCUT2D eigenvalue weighted by Crippen LogP contribution is -1.99. The molecule has 0 bridgehead atoms. The quantitative estimate of drug-likeness (QED) is 0.703. The molecule has 0 amide bonds. The van der Waals surface area contributed by atoms with Crippen LogP contribution in [0.5, 0.6) is 0 Å². The van der Waals surface area contributed by atoms with Crippen LogP contribution in [0.25, 0.3) is 0 Å². The van der Waals surface area contributed by atoms with Crippen molar-refractivity contribution in [3.8, 4) is 0 Å². The highest BCUT2D eigenvalue weighted by Crippen LogP contribution is 2.29. The molecule has 0 N–H and O–H groups in total. The molecule has 0 fully saturated rings. The van der Waals surface area contributed by atoms with E-state index in [0.717, 1.165) is 6.07 Å². The van der Waals surface area contributed by atoms with E-state index in [0.29, 0.717) is 12.0 Å². The number of benzene rings is 2. The van der Waals surface area contributed by atoms with Crippen LogP contribution in [0.3, 0.4) is 0 Å².